The predicted molar refractivity (Wildman–Crippen MR) is 113 cm³/mol. The van der Waals surface area contributed by atoms with E-state index in [1.807, 2.05) is 0 Å². The van der Waals surface area contributed by atoms with E-state index < -0.39 is 64.3 Å². The molecule has 0 aromatic carbocycles. The van der Waals surface area contributed by atoms with Crippen LogP contribution in [-0.4, -0.2) is 58.1 Å². The van der Waals surface area contributed by atoms with Gasteiger partial charge in [-0.2, -0.15) is 0 Å². The highest BCUT2D eigenvalue weighted by Crippen LogP contribution is 2.66. The van der Waals surface area contributed by atoms with Gasteiger partial charge in [-0.25, -0.2) is 4.79 Å². The summed E-state index contributed by atoms with van der Waals surface area (Å²) in [5.41, 5.74) is -2.31. The molecule has 1 fully saturated rings. The third-order valence-corrected chi connectivity index (χ3v) is 7.29. The highest BCUT2D eigenvalue weighted by molar-refractivity contribution is 6.28. The smallest absolute Gasteiger partial charge is 0.341 e. The van der Waals surface area contributed by atoms with E-state index in [1.165, 1.54) is 7.11 Å². The number of Topliss-reactive ketones (excluding diaryl/α,β-unsaturated/α-hetero) is 1. The Morgan fingerprint density at radius 1 is 0.848 bits per heavy atom. The number of carbonyl (C=O) groups excluding carboxylic acids is 5. The SMILES string of the molecule is COC(=O)C1=C2[C@@H](C(=O)OC)[C@@H]3CCC/C=C\CCC[C@H]3[C@]2(C(=O)OC)[C@@H](C(=O)OC)C1=O. The zero-order chi connectivity index (χ0) is 24.3. The Kier molecular flexibility index (Phi) is 7.39. The van der Waals surface area contributed by atoms with Crippen molar-refractivity contribution in [1.82, 2.24) is 0 Å². The van der Waals surface area contributed by atoms with Crippen LogP contribution in [0.2, 0.25) is 0 Å². The fourth-order valence-corrected chi connectivity index (χ4v) is 6.12. The Hall–Kier alpha value is -2.97. The molecule has 5 atom stereocenters. The second-order valence-corrected chi connectivity index (χ2v) is 8.57. The van der Waals surface area contributed by atoms with Crippen molar-refractivity contribution in [1.29, 1.82) is 0 Å². The van der Waals surface area contributed by atoms with Crippen molar-refractivity contribution in [2.75, 3.05) is 28.4 Å². The van der Waals surface area contributed by atoms with Gasteiger partial charge in [0.25, 0.3) is 0 Å². The summed E-state index contributed by atoms with van der Waals surface area (Å²) in [5, 5.41) is 0. The maximum atomic E-state index is 13.6. The summed E-state index contributed by atoms with van der Waals surface area (Å²) >= 11 is 0. The third kappa shape index (κ3) is 3.67. The first kappa shape index (κ1) is 24.7. The molecule has 9 nitrogen and oxygen atoms in total. The van der Waals surface area contributed by atoms with Gasteiger partial charge in [-0.15, -0.1) is 0 Å². The first-order valence-electron chi connectivity index (χ1n) is 11.1. The number of carbonyl (C=O) groups is 5. The summed E-state index contributed by atoms with van der Waals surface area (Å²) in [6, 6.07) is 0. The fraction of sp³-hybridized carbons (Fsp3) is 0.625. The number of hydrogen-bond donors (Lipinski definition) is 0. The van der Waals surface area contributed by atoms with Gasteiger partial charge in [0.15, 0.2) is 5.78 Å². The minimum Gasteiger partial charge on any atom is -0.469 e. The lowest BCUT2D eigenvalue weighted by Gasteiger charge is -2.36. The highest BCUT2D eigenvalue weighted by Gasteiger charge is 2.75. The Morgan fingerprint density at radius 2 is 1.45 bits per heavy atom. The predicted octanol–water partition coefficient (Wildman–Crippen LogP) is 1.93. The molecule has 0 N–H and O–H groups in total. The Labute approximate surface area is 192 Å². The van der Waals surface area contributed by atoms with Crippen molar-refractivity contribution >= 4 is 29.7 Å². The second-order valence-electron chi connectivity index (χ2n) is 8.57. The Morgan fingerprint density at radius 3 is 2.00 bits per heavy atom. The van der Waals surface area contributed by atoms with E-state index in [0.717, 1.165) is 40.6 Å². The molecule has 0 radical (unpaired) electrons. The number of esters is 4. The topological polar surface area (TPSA) is 122 Å². The molecule has 3 aliphatic carbocycles. The fourth-order valence-electron chi connectivity index (χ4n) is 6.12. The number of ketones is 1. The van der Waals surface area contributed by atoms with Crippen LogP contribution < -0.4 is 0 Å². The molecule has 33 heavy (non-hydrogen) atoms. The van der Waals surface area contributed by atoms with E-state index in [9.17, 15) is 24.0 Å². The zero-order valence-electron chi connectivity index (χ0n) is 19.4. The van der Waals surface area contributed by atoms with Crippen LogP contribution in [0.1, 0.15) is 38.5 Å². The number of allylic oxidation sites excluding steroid dienone is 2. The van der Waals surface area contributed by atoms with Gasteiger partial charge < -0.3 is 18.9 Å². The van der Waals surface area contributed by atoms with E-state index in [1.54, 1.807) is 0 Å². The quantitative estimate of drug-likeness (QED) is 0.203. The molecule has 1 saturated carbocycles. The maximum Gasteiger partial charge on any atom is 0.341 e. The standard InChI is InChI=1S/C24H30O9/c1-30-20(26)15-13-11-9-7-5-6-8-10-12-14(13)24(23(29)33-4)17(15)16(21(27)31-2)19(25)18(24)22(28)32-3/h5-6,13-15,18H,7-12H2,1-4H3/b6-5-/t13-,14-,15+,18-,24-/m1/s1. The van der Waals surface area contributed by atoms with Gasteiger partial charge >= 0.3 is 23.9 Å². The molecule has 0 aliphatic heterocycles. The van der Waals surface area contributed by atoms with E-state index in [4.69, 9.17) is 18.9 Å². The maximum absolute atomic E-state index is 13.6. The van der Waals surface area contributed by atoms with Gasteiger partial charge in [-0.3, -0.25) is 19.2 Å². The van der Waals surface area contributed by atoms with Crippen LogP contribution in [0.3, 0.4) is 0 Å². The van der Waals surface area contributed by atoms with Crippen LogP contribution in [-0.2, 0) is 42.9 Å². The molecule has 0 saturated heterocycles. The van der Waals surface area contributed by atoms with E-state index in [2.05, 4.69) is 12.2 Å². The van der Waals surface area contributed by atoms with Crippen LogP contribution in [0.4, 0.5) is 0 Å². The molecule has 0 heterocycles. The van der Waals surface area contributed by atoms with E-state index in [-0.39, 0.29) is 5.57 Å². The molecule has 0 spiro atoms. The van der Waals surface area contributed by atoms with Crippen molar-refractivity contribution < 1.29 is 42.9 Å². The van der Waals surface area contributed by atoms with E-state index in [0.29, 0.717) is 19.3 Å². The van der Waals surface area contributed by atoms with Gasteiger partial charge in [-0.1, -0.05) is 12.2 Å². The third-order valence-electron chi connectivity index (χ3n) is 7.29. The van der Waals surface area contributed by atoms with Gasteiger partial charge in [0.1, 0.15) is 16.9 Å². The molecule has 180 valence electrons. The van der Waals surface area contributed by atoms with Crippen LogP contribution >= 0.6 is 0 Å². The van der Waals surface area contributed by atoms with Crippen molar-refractivity contribution in [3.8, 4) is 0 Å². The summed E-state index contributed by atoms with van der Waals surface area (Å²) < 4.78 is 20.0. The second kappa shape index (κ2) is 9.89. The van der Waals surface area contributed by atoms with Gasteiger partial charge in [0.2, 0.25) is 0 Å². The number of methoxy groups -OCH3 is 4. The van der Waals surface area contributed by atoms with Crippen LogP contribution in [0.5, 0.6) is 0 Å². The summed E-state index contributed by atoms with van der Waals surface area (Å²) in [6.07, 6.45) is 8.02. The first-order valence-corrected chi connectivity index (χ1v) is 11.1. The van der Waals surface area contributed by atoms with Gasteiger partial charge in [-0.05, 0) is 55.9 Å². The average Bonchev–Trinajstić information content (AvgIpc) is 3.25. The van der Waals surface area contributed by atoms with E-state index >= 15 is 0 Å². The van der Waals surface area contributed by atoms with Crippen molar-refractivity contribution in [3.63, 3.8) is 0 Å². The Balaban J connectivity index is 2.40. The molecule has 0 amide bonds. The largest absolute Gasteiger partial charge is 0.469 e. The summed E-state index contributed by atoms with van der Waals surface area (Å²) in [4.78, 5) is 66.0. The molecular formula is C24H30O9. The molecule has 3 rings (SSSR count). The lowest BCUT2D eigenvalue weighted by Crippen LogP contribution is -2.48. The minimum absolute atomic E-state index is 0.0179. The normalized spacial score (nSPS) is 32.3. The summed E-state index contributed by atoms with van der Waals surface area (Å²) in [7, 11) is 4.58. The number of ether oxygens (including phenoxy) is 4. The highest BCUT2D eigenvalue weighted by atomic mass is 16.5. The molecule has 9 heteroatoms. The molecule has 0 bridgehead atoms. The van der Waals surface area contributed by atoms with Crippen LogP contribution in [0, 0.1) is 29.1 Å². The molecule has 0 aromatic rings. The lowest BCUT2D eigenvalue weighted by atomic mass is 9.64. The zero-order valence-corrected chi connectivity index (χ0v) is 19.4. The van der Waals surface area contributed by atoms with Gasteiger partial charge in [0, 0.05) is 0 Å². The minimum atomic E-state index is -1.84. The van der Waals surface area contributed by atoms with Crippen molar-refractivity contribution in [2.45, 2.75) is 38.5 Å². The molecule has 0 unspecified atom stereocenters. The molecule has 0 aromatic heterocycles. The number of rotatable bonds is 4. The molecular weight excluding hydrogens is 432 g/mol. The summed E-state index contributed by atoms with van der Waals surface area (Å²) in [6.45, 7) is 0. The molecule has 3 aliphatic rings. The lowest BCUT2D eigenvalue weighted by molar-refractivity contribution is -0.168. The summed E-state index contributed by atoms with van der Waals surface area (Å²) in [5.74, 6) is -8.10. The van der Waals surface area contributed by atoms with Crippen molar-refractivity contribution in [2.24, 2.45) is 29.1 Å². The Bertz CT molecular complexity index is 915. The van der Waals surface area contributed by atoms with Gasteiger partial charge in [0.05, 0.1) is 34.4 Å². The first-order chi connectivity index (χ1) is 15.8. The number of hydrogen-bond acceptors (Lipinski definition) is 9. The monoisotopic (exact) mass is 462 g/mol. The van der Waals surface area contributed by atoms with Crippen LogP contribution in [0.25, 0.3) is 0 Å². The van der Waals surface area contributed by atoms with Crippen molar-refractivity contribution in [3.05, 3.63) is 23.3 Å². The number of fused-ring (bicyclic) bond motifs is 3. The van der Waals surface area contributed by atoms with Crippen LogP contribution in [0.15, 0.2) is 23.3 Å². The average molecular weight is 462 g/mol.